The van der Waals surface area contributed by atoms with Gasteiger partial charge >= 0.3 is 0 Å². The summed E-state index contributed by atoms with van der Waals surface area (Å²) in [6, 6.07) is 11.7. The van der Waals surface area contributed by atoms with E-state index in [1.54, 1.807) is 41.3 Å². The van der Waals surface area contributed by atoms with Crippen molar-refractivity contribution in [3.05, 3.63) is 59.4 Å². The summed E-state index contributed by atoms with van der Waals surface area (Å²) >= 11 is 0. The van der Waals surface area contributed by atoms with Crippen LogP contribution in [0.25, 0.3) is 0 Å². The van der Waals surface area contributed by atoms with Gasteiger partial charge in [0, 0.05) is 29.9 Å². The maximum atomic E-state index is 13.8. The van der Waals surface area contributed by atoms with Crippen LogP contribution in [0.5, 0.6) is 5.75 Å². The second-order valence-corrected chi connectivity index (χ2v) is 6.88. The van der Waals surface area contributed by atoms with Gasteiger partial charge in [0.15, 0.2) is 18.1 Å². The van der Waals surface area contributed by atoms with Crippen molar-refractivity contribution in [3.63, 3.8) is 0 Å². The number of hydrogen-bond donors (Lipinski definition) is 2. The van der Waals surface area contributed by atoms with E-state index in [0.29, 0.717) is 30.9 Å². The lowest BCUT2D eigenvalue weighted by molar-refractivity contribution is -0.885. The highest BCUT2D eigenvalue weighted by molar-refractivity contribution is 5.96. The quantitative estimate of drug-likeness (QED) is 0.674. The molecule has 2 rings (SSSR count). The highest BCUT2D eigenvalue weighted by Crippen LogP contribution is 2.17. The first-order chi connectivity index (χ1) is 13.9. The Kier molecular flexibility index (Phi) is 8.15. The number of rotatable bonds is 9. The van der Waals surface area contributed by atoms with Crippen LogP contribution in [0.3, 0.4) is 0 Å². The zero-order valence-corrected chi connectivity index (χ0v) is 17.4. The van der Waals surface area contributed by atoms with Gasteiger partial charge in [-0.05, 0) is 56.3 Å². The molecule has 0 aromatic heterocycles. The lowest BCUT2D eigenvalue weighted by atomic mass is 10.1. The van der Waals surface area contributed by atoms with Gasteiger partial charge in [-0.15, -0.1) is 0 Å². The van der Waals surface area contributed by atoms with Gasteiger partial charge in [0.2, 0.25) is 0 Å². The van der Waals surface area contributed by atoms with Crippen molar-refractivity contribution in [2.75, 3.05) is 39.1 Å². The van der Waals surface area contributed by atoms with Crippen molar-refractivity contribution in [2.24, 2.45) is 0 Å². The molecular formula is C22H29FN3O3+. The van der Waals surface area contributed by atoms with Gasteiger partial charge in [-0.3, -0.25) is 9.59 Å². The van der Waals surface area contributed by atoms with E-state index in [1.165, 1.54) is 13.2 Å². The third-order valence-corrected chi connectivity index (χ3v) is 4.65. The van der Waals surface area contributed by atoms with Crippen molar-refractivity contribution in [2.45, 2.75) is 20.4 Å². The molecule has 2 N–H and O–H groups in total. The average molecular weight is 402 g/mol. The summed E-state index contributed by atoms with van der Waals surface area (Å²) in [4.78, 5) is 27.3. The van der Waals surface area contributed by atoms with Crippen LogP contribution in [-0.4, -0.2) is 50.5 Å². The van der Waals surface area contributed by atoms with Crippen LogP contribution in [-0.2, 0) is 11.3 Å². The number of carbonyl (C=O) groups excluding carboxylic acids is 2. The van der Waals surface area contributed by atoms with Crippen LogP contribution in [0.15, 0.2) is 42.5 Å². The van der Waals surface area contributed by atoms with Gasteiger partial charge in [-0.25, -0.2) is 4.39 Å². The van der Waals surface area contributed by atoms with Crippen molar-refractivity contribution in [1.29, 1.82) is 0 Å². The molecule has 1 unspecified atom stereocenters. The average Bonchev–Trinajstić information content (AvgIpc) is 2.69. The van der Waals surface area contributed by atoms with Crippen LogP contribution < -0.4 is 15.0 Å². The number of nitrogens with one attached hydrogen (secondary N) is 2. The molecule has 0 spiro atoms. The highest BCUT2D eigenvalue weighted by atomic mass is 19.1. The van der Waals surface area contributed by atoms with Gasteiger partial charge in [-0.1, -0.05) is 0 Å². The SMILES string of the molecule is CCN(CC)C(=O)c1ccc(NC(=O)C[NH+](C)Cc2ccc(OC)c(F)c2)cc1. The maximum absolute atomic E-state index is 13.8. The Labute approximate surface area is 171 Å². The second-order valence-electron chi connectivity index (χ2n) is 6.88. The topological polar surface area (TPSA) is 63.1 Å². The number of benzene rings is 2. The Morgan fingerprint density at radius 2 is 1.76 bits per heavy atom. The number of quaternary nitrogens is 1. The van der Waals surface area contributed by atoms with Crippen LogP contribution in [0.1, 0.15) is 29.8 Å². The smallest absolute Gasteiger partial charge is 0.279 e. The second kappa shape index (κ2) is 10.6. The fourth-order valence-corrected chi connectivity index (χ4v) is 3.10. The molecule has 0 heterocycles. The maximum Gasteiger partial charge on any atom is 0.279 e. The molecule has 0 saturated heterocycles. The summed E-state index contributed by atoms with van der Waals surface area (Å²) < 4.78 is 18.7. The first-order valence-electron chi connectivity index (χ1n) is 9.70. The Balaban J connectivity index is 1.90. The minimum absolute atomic E-state index is 0.0243. The van der Waals surface area contributed by atoms with E-state index in [-0.39, 0.29) is 24.1 Å². The summed E-state index contributed by atoms with van der Waals surface area (Å²) in [7, 11) is 3.29. The van der Waals surface area contributed by atoms with Crippen molar-refractivity contribution in [1.82, 2.24) is 4.90 Å². The molecule has 156 valence electrons. The van der Waals surface area contributed by atoms with Crippen molar-refractivity contribution < 1.29 is 23.6 Å². The number of carbonyl (C=O) groups is 2. The molecule has 0 aliphatic carbocycles. The zero-order chi connectivity index (χ0) is 21.4. The molecule has 2 amide bonds. The lowest BCUT2D eigenvalue weighted by Crippen LogP contribution is -3.08. The number of nitrogens with zero attached hydrogens (tertiary/aromatic N) is 1. The molecule has 1 atom stereocenters. The van der Waals surface area contributed by atoms with Gasteiger partial charge in [0.1, 0.15) is 6.54 Å². The van der Waals surface area contributed by atoms with Crippen LogP contribution in [0, 0.1) is 5.82 Å². The molecule has 0 bridgehead atoms. The van der Waals surface area contributed by atoms with Crippen LogP contribution in [0.4, 0.5) is 10.1 Å². The fourth-order valence-electron chi connectivity index (χ4n) is 3.10. The molecule has 0 radical (unpaired) electrons. The van der Waals surface area contributed by atoms with E-state index < -0.39 is 5.82 Å². The van der Waals surface area contributed by atoms with Crippen LogP contribution >= 0.6 is 0 Å². The molecular weight excluding hydrogens is 373 g/mol. The molecule has 0 aliphatic rings. The molecule has 0 saturated carbocycles. The molecule has 2 aromatic rings. The predicted molar refractivity (Wildman–Crippen MR) is 111 cm³/mol. The number of methoxy groups -OCH3 is 1. The standard InChI is InChI=1S/C22H28FN3O3/c1-5-26(6-2)22(28)17-8-10-18(11-9-17)24-21(27)15-25(3)14-16-7-12-20(29-4)19(23)13-16/h7-13H,5-6,14-15H2,1-4H3,(H,24,27)/p+1. The van der Waals surface area contributed by atoms with Crippen molar-refractivity contribution >= 4 is 17.5 Å². The Bertz CT molecular complexity index is 836. The van der Waals surface area contributed by atoms with E-state index in [2.05, 4.69) is 5.32 Å². The van der Waals surface area contributed by atoms with Gasteiger partial charge < -0.3 is 19.9 Å². The summed E-state index contributed by atoms with van der Waals surface area (Å²) in [5.41, 5.74) is 2.01. The molecule has 2 aromatic carbocycles. The summed E-state index contributed by atoms with van der Waals surface area (Å²) in [5.74, 6) is -0.392. The number of amides is 2. The summed E-state index contributed by atoms with van der Waals surface area (Å²) in [6.45, 7) is 5.92. The van der Waals surface area contributed by atoms with E-state index in [9.17, 15) is 14.0 Å². The van der Waals surface area contributed by atoms with E-state index in [0.717, 1.165) is 10.5 Å². The van der Waals surface area contributed by atoms with E-state index in [1.807, 2.05) is 20.9 Å². The molecule has 7 heteroatoms. The zero-order valence-electron chi connectivity index (χ0n) is 17.4. The third kappa shape index (κ3) is 6.29. The van der Waals surface area contributed by atoms with E-state index >= 15 is 0 Å². The van der Waals surface area contributed by atoms with E-state index in [4.69, 9.17) is 4.74 Å². The first-order valence-corrected chi connectivity index (χ1v) is 9.70. The van der Waals surface area contributed by atoms with Gasteiger partial charge in [0.25, 0.3) is 11.8 Å². The fraction of sp³-hybridized carbons (Fsp3) is 0.364. The number of hydrogen-bond acceptors (Lipinski definition) is 3. The molecule has 0 aliphatic heterocycles. The Morgan fingerprint density at radius 1 is 1.10 bits per heavy atom. The van der Waals surface area contributed by atoms with Crippen LogP contribution in [0.2, 0.25) is 0 Å². The number of likely N-dealkylation sites (N-methyl/N-ethyl adjacent to an activating group) is 1. The highest BCUT2D eigenvalue weighted by Gasteiger charge is 2.14. The molecule has 29 heavy (non-hydrogen) atoms. The van der Waals surface area contributed by atoms with Crippen molar-refractivity contribution in [3.8, 4) is 5.75 Å². The minimum atomic E-state index is -0.415. The number of halogens is 1. The largest absolute Gasteiger partial charge is 0.494 e. The third-order valence-electron chi connectivity index (χ3n) is 4.65. The Hall–Kier alpha value is -2.93. The lowest BCUT2D eigenvalue weighted by Gasteiger charge is -2.18. The predicted octanol–water partition coefficient (Wildman–Crippen LogP) is 1.97. The minimum Gasteiger partial charge on any atom is -0.494 e. The van der Waals surface area contributed by atoms with Gasteiger partial charge in [-0.2, -0.15) is 0 Å². The number of anilines is 1. The summed E-state index contributed by atoms with van der Waals surface area (Å²) in [5, 5.41) is 2.83. The Morgan fingerprint density at radius 3 is 2.31 bits per heavy atom. The molecule has 0 fully saturated rings. The monoisotopic (exact) mass is 402 g/mol. The number of ether oxygens (including phenoxy) is 1. The normalized spacial score (nSPS) is 11.6. The summed E-state index contributed by atoms with van der Waals surface area (Å²) in [6.07, 6.45) is 0. The first kappa shape index (κ1) is 22.4. The molecule has 6 nitrogen and oxygen atoms in total. The van der Waals surface area contributed by atoms with Gasteiger partial charge in [0.05, 0.1) is 14.2 Å².